The quantitative estimate of drug-likeness (QED) is 0.924. The lowest BCUT2D eigenvalue weighted by Gasteiger charge is -2.38. The van der Waals surface area contributed by atoms with E-state index in [2.05, 4.69) is 15.9 Å². The Morgan fingerprint density at radius 2 is 2.00 bits per heavy atom. The topological polar surface area (TPSA) is 23.5 Å². The third-order valence-corrected chi connectivity index (χ3v) is 3.83. The average molecular weight is 324 g/mol. The molecule has 18 heavy (non-hydrogen) atoms. The summed E-state index contributed by atoms with van der Waals surface area (Å²) in [6.45, 7) is 2.08. The summed E-state index contributed by atoms with van der Waals surface area (Å²) in [7, 11) is 0. The van der Waals surface area contributed by atoms with Crippen molar-refractivity contribution in [2.24, 2.45) is 5.92 Å². The minimum absolute atomic E-state index is 0.139. The van der Waals surface area contributed by atoms with Crippen molar-refractivity contribution in [3.8, 4) is 0 Å². The van der Waals surface area contributed by atoms with Crippen LogP contribution >= 0.6 is 15.9 Å². The summed E-state index contributed by atoms with van der Waals surface area (Å²) in [6.07, 6.45) is -4.31. The third-order valence-electron chi connectivity index (χ3n) is 3.06. The molecular weight excluding hydrogens is 311 g/mol. The van der Waals surface area contributed by atoms with Gasteiger partial charge in [0.2, 0.25) is 0 Å². The van der Waals surface area contributed by atoms with Crippen LogP contribution in [0.2, 0.25) is 0 Å². The van der Waals surface area contributed by atoms with Crippen LogP contribution in [0.3, 0.4) is 0 Å². The largest absolute Gasteiger partial charge is 0.416 e. The number of aliphatic hydroxyl groups is 1. The highest BCUT2D eigenvalue weighted by Crippen LogP contribution is 2.32. The molecule has 0 atom stereocenters. The van der Waals surface area contributed by atoms with Crippen LogP contribution in [0, 0.1) is 5.92 Å². The van der Waals surface area contributed by atoms with Crippen molar-refractivity contribution < 1.29 is 18.3 Å². The molecule has 0 aliphatic carbocycles. The zero-order chi connectivity index (χ0) is 13.3. The van der Waals surface area contributed by atoms with Crippen LogP contribution in [0.5, 0.6) is 0 Å². The number of nitrogens with zero attached hydrogens (tertiary/aromatic N) is 1. The van der Waals surface area contributed by atoms with Gasteiger partial charge in [-0.1, -0.05) is 15.9 Å². The van der Waals surface area contributed by atoms with Gasteiger partial charge in [-0.3, -0.25) is 4.90 Å². The Kier molecular flexibility index (Phi) is 3.99. The Hall–Kier alpha value is -0.590. The molecule has 0 bridgehead atoms. The highest BCUT2D eigenvalue weighted by molar-refractivity contribution is 9.10. The maximum absolute atomic E-state index is 12.6. The van der Waals surface area contributed by atoms with Crippen LogP contribution in [0.15, 0.2) is 22.7 Å². The van der Waals surface area contributed by atoms with Crippen LogP contribution in [-0.4, -0.2) is 29.7 Å². The van der Waals surface area contributed by atoms with E-state index in [1.165, 1.54) is 12.1 Å². The van der Waals surface area contributed by atoms with Crippen molar-refractivity contribution in [2.75, 3.05) is 19.7 Å². The van der Waals surface area contributed by atoms with Crippen LogP contribution in [-0.2, 0) is 12.7 Å². The van der Waals surface area contributed by atoms with E-state index in [0.717, 1.165) is 19.2 Å². The Morgan fingerprint density at radius 3 is 2.56 bits per heavy atom. The molecule has 0 saturated carbocycles. The Bertz CT molecular complexity index is 430. The van der Waals surface area contributed by atoms with Crippen molar-refractivity contribution in [3.63, 3.8) is 0 Å². The molecule has 1 aromatic carbocycles. The number of halogens is 4. The van der Waals surface area contributed by atoms with E-state index < -0.39 is 11.7 Å². The summed E-state index contributed by atoms with van der Waals surface area (Å²) in [5.74, 6) is 0.259. The van der Waals surface area contributed by atoms with E-state index in [0.29, 0.717) is 16.6 Å². The number of aliphatic hydroxyl groups excluding tert-OH is 1. The van der Waals surface area contributed by atoms with Crippen molar-refractivity contribution in [1.82, 2.24) is 4.90 Å². The molecule has 1 N–H and O–H groups in total. The lowest BCUT2D eigenvalue weighted by atomic mass is 10.00. The number of rotatable bonds is 3. The minimum atomic E-state index is -4.31. The molecule has 1 aromatic rings. The summed E-state index contributed by atoms with van der Waals surface area (Å²) < 4.78 is 38.4. The summed E-state index contributed by atoms with van der Waals surface area (Å²) in [5.41, 5.74) is 0.00106. The molecule has 1 aliphatic heterocycles. The fraction of sp³-hybridized carbons (Fsp3) is 0.500. The molecule has 1 saturated heterocycles. The predicted molar refractivity (Wildman–Crippen MR) is 65.0 cm³/mol. The number of hydrogen-bond donors (Lipinski definition) is 1. The number of hydrogen-bond acceptors (Lipinski definition) is 2. The van der Waals surface area contributed by atoms with Gasteiger partial charge in [0.15, 0.2) is 0 Å². The Balaban J connectivity index is 2.08. The van der Waals surface area contributed by atoms with Gasteiger partial charge >= 0.3 is 6.18 Å². The first-order chi connectivity index (χ1) is 8.40. The summed E-state index contributed by atoms with van der Waals surface area (Å²) >= 11 is 3.27. The highest BCUT2D eigenvalue weighted by atomic mass is 79.9. The van der Waals surface area contributed by atoms with Crippen molar-refractivity contribution in [1.29, 1.82) is 0 Å². The second-order valence-electron chi connectivity index (χ2n) is 4.55. The minimum Gasteiger partial charge on any atom is -0.396 e. The van der Waals surface area contributed by atoms with Crippen LogP contribution in [0.1, 0.15) is 11.1 Å². The van der Waals surface area contributed by atoms with Gasteiger partial charge < -0.3 is 5.11 Å². The predicted octanol–water partition coefficient (Wildman–Crippen LogP) is 2.89. The van der Waals surface area contributed by atoms with Crippen molar-refractivity contribution in [2.45, 2.75) is 12.7 Å². The van der Waals surface area contributed by atoms with Gasteiger partial charge in [0.25, 0.3) is 0 Å². The second-order valence-corrected chi connectivity index (χ2v) is 5.40. The SMILES string of the molecule is OCC1CN(Cc2cc(C(F)(F)F)ccc2Br)C1. The lowest BCUT2D eigenvalue weighted by Crippen LogP contribution is -2.47. The highest BCUT2D eigenvalue weighted by Gasteiger charge is 2.32. The summed E-state index contributed by atoms with van der Waals surface area (Å²) in [4.78, 5) is 2.02. The molecule has 1 heterocycles. The zero-order valence-corrected chi connectivity index (χ0v) is 11.1. The van der Waals surface area contributed by atoms with Gasteiger partial charge in [-0.2, -0.15) is 13.2 Å². The number of benzene rings is 1. The normalized spacial score (nSPS) is 17.8. The van der Waals surface area contributed by atoms with Gasteiger partial charge in [-0.05, 0) is 23.8 Å². The molecule has 0 unspecified atom stereocenters. The lowest BCUT2D eigenvalue weighted by molar-refractivity contribution is -0.137. The monoisotopic (exact) mass is 323 g/mol. The van der Waals surface area contributed by atoms with E-state index in [-0.39, 0.29) is 12.5 Å². The molecule has 2 nitrogen and oxygen atoms in total. The van der Waals surface area contributed by atoms with Gasteiger partial charge in [0.1, 0.15) is 0 Å². The van der Waals surface area contributed by atoms with E-state index in [1.54, 1.807) is 0 Å². The molecule has 1 fully saturated rings. The van der Waals surface area contributed by atoms with Gasteiger partial charge in [-0.15, -0.1) is 0 Å². The molecule has 0 amide bonds. The van der Waals surface area contributed by atoms with Crippen LogP contribution in [0.4, 0.5) is 13.2 Å². The molecular formula is C12H13BrF3NO. The van der Waals surface area contributed by atoms with Crippen molar-refractivity contribution in [3.05, 3.63) is 33.8 Å². The van der Waals surface area contributed by atoms with Crippen LogP contribution < -0.4 is 0 Å². The standard InChI is InChI=1S/C12H13BrF3NO/c13-11-2-1-10(12(14,15)16)3-9(11)6-17-4-8(5-17)7-18/h1-3,8,18H,4-7H2. The average Bonchev–Trinajstić information content (AvgIpc) is 2.23. The molecule has 0 radical (unpaired) electrons. The molecule has 1 aliphatic rings. The Morgan fingerprint density at radius 1 is 1.33 bits per heavy atom. The molecule has 2 rings (SSSR count). The van der Waals surface area contributed by atoms with Gasteiger partial charge in [0.05, 0.1) is 5.56 Å². The maximum Gasteiger partial charge on any atom is 0.416 e. The maximum atomic E-state index is 12.6. The van der Waals surface area contributed by atoms with Gasteiger partial charge in [-0.25, -0.2) is 0 Å². The first kappa shape index (κ1) is 13.8. The fourth-order valence-corrected chi connectivity index (χ4v) is 2.41. The summed E-state index contributed by atoms with van der Waals surface area (Å²) in [5, 5.41) is 8.89. The molecule has 0 aromatic heterocycles. The zero-order valence-electron chi connectivity index (χ0n) is 9.54. The smallest absolute Gasteiger partial charge is 0.396 e. The number of alkyl halides is 3. The van der Waals surface area contributed by atoms with Gasteiger partial charge in [0, 0.05) is 36.6 Å². The molecule has 100 valence electrons. The number of likely N-dealkylation sites (tertiary alicyclic amines) is 1. The molecule has 0 spiro atoms. The van der Waals surface area contributed by atoms with Crippen molar-refractivity contribution >= 4 is 15.9 Å². The first-order valence-corrected chi connectivity index (χ1v) is 6.38. The van der Waals surface area contributed by atoms with E-state index in [1.807, 2.05) is 4.90 Å². The third kappa shape index (κ3) is 3.05. The van der Waals surface area contributed by atoms with Crippen LogP contribution in [0.25, 0.3) is 0 Å². The molecule has 6 heteroatoms. The first-order valence-electron chi connectivity index (χ1n) is 5.59. The van der Waals surface area contributed by atoms with E-state index >= 15 is 0 Å². The fourth-order valence-electron chi connectivity index (χ4n) is 2.03. The van der Waals surface area contributed by atoms with E-state index in [9.17, 15) is 13.2 Å². The summed E-state index contributed by atoms with van der Waals surface area (Å²) in [6, 6.07) is 3.68. The second kappa shape index (κ2) is 5.19. The Labute approximate surface area is 112 Å². The van der Waals surface area contributed by atoms with E-state index in [4.69, 9.17) is 5.11 Å².